The van der Waals surface area contributed by atoms with E-state index in [0.29, 0.717) is 12.3 Å². The Morgan fingerprint density at radius 3 is 2.50 bits per heavy atom. The van der Waals surface area contributed by atoms with Crippen molar-refractivity contribution in [2.75, 3.05) is 7.11 Å². The van der Waals surface area contributed by atoms with Crippen LogP contribution in [0.25, 0.3) is 0 Å². The molecule has 0 heterocycles. The van der Waals surface area contributed by atoms with E-state index in [2.05, 4.69) is 18.6 Å². The van der Waals surface area contributed by atoms with Gasteiger partial charge in [-0.25, -0.2) is 0 Å². The summed E-state index contributed by atoms with van der Waals surface area (Å²) in [5.41, 5.74) is 0. The maximum absolute atomic E-state index is 10.9. The van der Waals surface area contributed by atoms with Crippen LogP contribution >= 0.6 is 0 Å². The molecule has 1 atom stereocenters. The molecule has 0 rings (SSSR count). The number of methoxy groups -OCH3 is 1. The number of hydrogen-bond acceptors (Lipinski definition) is 2. The summed E-state index contributed by atoms with van der Waals surface area (Å²) in [5.74, 6) is 0.454. The van der Waals surface area contributed by atoms with E-state index in [1.165, 1.54) is 20.0 Å². The first-order valence-electron chi connectivity index (χ1n) is 4.81. The Balaban J connectivity index is 3.59. The van der Waals surface area contributed by atoms with Crippen LogP contribution in [-0.4, -0.2) is 13.1 Å². The normalized spacial score (nSPS) is 12.6. The van der Waals surface area contributed by atoms with Crippen LogP contribution in [0.1, 0.15) is 46.0 Å². The van der Waals surface area contributed by atoms with Gasteiger partial charge >= 0.3 is 5.97 Å². The Hall–Kier alpha value is -0.530. The van der Waals surface area contributed by atoms with E-state index in [0.717, 1.165) is 12.8 Å². The zero-order chi connectivity index (χ0) is 9.40. The Morgan fingerprint density at radius 2 is 2.08 bits per heavy atom. The van der Waals surface area contributed by atoms with Crippen molar-refractivity contribution in [3.8, 4) is 0 Å². The molecule has 0 saturated carbocycles. The third-order valence-electron chi connectivity index (χ3n) is 2.23. The summed E-state index contributed by atoms with van der Waals surface area (Å²) in [6.07, 6.45) is 5.25. The molecule has 2 nitrogen and oxygen atoms in total. The van der Waals surface area contributed by atoms with Crippen molar-refractivity contribution < 1.29 is 9.53 Å². The summed E-state index contributed by atoms with van der Waals surface area (Å²) in [6, 6.07) is 0. The molecular weight excluding hydrogens is 152 g/mol. The lowest BCUT2D eigenvalue weighted by Crippen LogP contribution is -2.09. The van der Waals surface area contributed by atoms with E-state index in [1.54, 1.807) is 0 Å². The van der Waals surface area contributed by atoms with Crippen LogP contribution in [-0.2, 0) is 9.53 Å². The van der Waals surface area contributed by atoms with Gasteiger partial charge in [0.25, 0.3) is 0 Å². The van der Waals surface area contributed by atoms with Gasteiger partial charge in [0.05, 0.1) is 7.11 Å². The van der Waals surface area contributed by atoms with Gasteiger partial charge in [0.1, 0.15) is 0 Å². The van der Waals surface area contributed by atoms with Crippen LogP contribution < -0.4 is 0 Å². The largest absolute Gasteiger partial charge is 0.469 e. The minimum absolute atomic E-state index is 0.0713. The average Bonchev–Trinajstić information content (AvgIpc) is 2.11. The van der Waals surface area contributed by atoms with Crippen LogP contribution in [0.15, 0.2) is 0 Å². The summed E-state index contributed by atoms with van der Waals surface area (Å²) in [4.78, 5) is 10.9. The second-order valence-electron chi connectivity index (χ2n) is 3.20. The van der Waals surface area contributed by atoms with Crippen molar-refractivity contribution >= 4 is 5.97 Å². The van der Waals surface area contributed by atoms with Gasteiger partial charge in [-0.05, 0) is 12.3 Å². The van der Waals surface area contributed by atoms with Crippen molar-refractivity contribution in [1.29, 1.82) is 0 Å². The standard InChI is InChI=1S/C10H20O2/c1-4-6-7-9(5-2)8-10(11)12-3/h9H,4-8H2,1-3H3. The highest BCUT2D eigenvalue weighted by molar-refractivity contribution is 5.69. The summed E-state index contributed by atoms with van der Waals surface area (Å²) in [6.45, 7) is 4.30. The highest BCUT2D eigenvalue weighted by Gasteiger charge is 2.11. The zero-order valence-corrected chi connectivity index (χ0v) is 8.43. The number of carbonyl (C=O) groups excluding carboxylic acids is 1. The monoisotopic (exact) mass is 172 g/mol. The molecule has 0 spiro atoms. The van der Waals surface area contributed by atoms with Crippen LogP contribution in [0.4, 0.5) is 0 Å². The molecule has 2 heteroatoms. The minimum Gasteiger partial charge on any atom is -0.469 e. The highest BCUT2D eigenvalue weighted by Crippen LogP contribution is 2.16. The van der Waals surface area contributed by atoms with Crippen molar-refractivity contribution in [1.82, 2.24) is 0 Å². The van der Waals surface area contributed by atoms with Crippen LogP contribution in [0, 0.1) is 5.92 Å². The summed E-state index contributed by atoms with van der Waals surface area (Å²) >= 11 is 0. The van der Waals surface area contributed by atoms with E-state index in [-0.39, 0.29) is 5.97 Å². The van der Waals surface area contributed by atoms with Crippen molar-refractivity contribution in [2.45, 2.75) is 46.0 Å². The van der Waals surface area contributed by atoms with E-state index < -0.39 is 0 Å². The number of esters is 1. The SMILES string of the molecule is CCCCC(CC)CC(=O)OC. The molecule has 0 amide bonds. The van der Waals surface area contributed by atoms with Crippen LogP contribution in [0.5, 0.6) is 0 Å². The molecule has 0 radical (unpaired) electrons. The third kappa shape index (κ3) is 5.16. The molecule has 0 N–H and O–H groups in total. The summed E-state index contributed by atoms with van der Waals surface area (Å²) in [5, 5.41) is 0. The zero-order valence-electron chi connectivity index (χ0n) is 8.43. The van der Waals surface area contributed by atoms with E-state index in [9.17, 15) is 4.79 Å². The van der Waals surface area contributed by atoms with E-state index in [1.807, 2.05) is 0 Å². The molecule has 12 heavy (non-hydrogen) atoms. The van der Waals surface area contributed by atoms with Gasteiger partial charge < -0.3 is 4.74 Å². The molecule has 0 aliphatic heterocycles. The molecule has 0 saturated heterocycles. The average molecular weight is 172 g/mol. The molecule has 72 valence electrons. The predicted molar refractivity (Wildman–Crippen MR) is 49.9 cm³/mol. The van der Waals surface area contributed by atoms with E-state index in [4.69, 9.17) is 0 Å². The molecule has 0 fully saturated rings. The predicted octanol–water partition coefficient (Wildman–Crippen LogP) is 2.77. The van der Waals surface area contributed by atoms with E-state index >= 15 is 0 Å². The van der Waals surface area contributed by atoms with Gasteiger partial charge in [0.15, 0.2) is 0 Å². The Kier molecular flexibility index (Phi) is 6.82. The summed E-state index contributed by atoms with van der Waals surface area (Å²) in [7, 11) is 1.45. The lowest BCUT2D eigenvalue weighted by molar-refractivity contribution is -0.141. The lowest BCUT2D eigenvalue weighted by atomic mass is 9.96. The quantitative estimate of drug-likeness (QED) is 0.576. The smallest absolute Gasteiger partial charge is 0.305 e. The fourth-order valence-corrected chi connectivity index (χ4v) is 1.26. The van der Waals surface area contributed by atoms with Crippen LogP contribution in [0.3, 0.4) is 0 Å². The fraction of sp³-hybridized carbons (Fsp3) is 0.900. The number of ether oxygens (including phenoxy) is 1. The number of unbranched alkanes of at least 4 members (excludes halogenated alkanes) is 1. The van der Waals surface area contributed by atoms with Gasteiger partial charge in [-0.15, -0.1) is 0 Å². The van der Waals surface area contributed by atoms with Crippen LogP contribution in [0.2, 0.25) is 0 Å². The first-order valence-corrected chi connectivity index (χ1v) is 4.81. The van der Waals surface area contributed by atoms with Gasteiger partial charge in [0, 0.05) is 6.42 Å². The Bertz CT molecular complexity index is 121. The van der Waals surface area contributed by atoms with Gasteiger partial charge in [0.2, 0.25) is 0 Å². The van der Waals surface area contributed by atoms with Crippen molar-refractivity contribution in [2.24, 2.45) is 5.92 Å². The first kappa shape index (κ1) is 11.5. The number of carbonyl (C=O) groups is 1. The van der Waals surface area contributed by atoms with Gasteiger partial charge in [-0.3, -0.25) is 4.79 Å². The number of rotatable bonds is 6. The molecule has 1 unspecified atom stereocenters. The fourth-order valence-electron chi connectivity index (χ4n) is 1.26. The molecule has 0 aliphatic carbocycles. The molecule has 0 bridgehead atoms. The molecular formula is C10H20O2. The Labute approximate surface area is 75.3 Å². The second-order valence-corrected chi connectivity index (χ2v) is 3.20. The molecule has 0 aliphatic rings. The topological polar surface area (TPSA) is 26.3 Å². The second kappa shape index (κ2) is 7.14. The Morgan fingerprint density at radius 1 is 1.42 bits per heavy atom. The minimum atomic E-state index is -0.0713. The summed E-state index contributed by atoms with van der Waals surface area (Å²) < 4.78 is 4.62. The molecule has 0 aromatic rings. The van der Waals surface area contributed by atoms with Crippen molar-refractivity contribution in [3.63, 3.8) is 0 Å². The molecule has 0 aromatic carbocycles. The van der Waals surface area contributed by atoms with Crippen molar-refractivity contribution in [3.05, 3.63) is 0 Å². The van der Waals surface area contributed by atoms with Gasteiger partial charge in [-0.1, -0.05) is 33.1 Å². The maximum Gasteiger partial charge on any atom is 0.305 e. The maximum atomic E-state index is 10.9. The third-order valence-corrected chi connectivity index (χ3v) is 2.23. The van der Waals surface area contributed by atoms with Gasteiger partial charge in [-0.2, -0.15) is 0 Å². The molecule has 0 aromatic heterocycles. The highest BCUT2D eigenvalue weighted by atomic mass is 16.5. The first-order chi connectivity index (χ1) is 5.74. The number of hydrogen-bond donors (Lipinski definition) is 0. The lowest BCUT2D eigenvalue weighted by Gasteiger charge is -2.11.